The SMILES string of the molecule is COc1cc(O)cc2c1-c1ccc3c4c1[C@@]1(CC[C@@H](Cc5ccc(N)nc5C#CCc5cc(O)c6c(c5[C@@H](O4)[C@@H]3COC(C)=O)C=C[C@@H](N[C@H]3CCCC4(CCCC4)C3)CO6)C1)C2. The highest BCUT2D eigenvalue weighted by atomic mass is 16.5. The molecule has 4 bridgehead atoms. The van der Waals surface area contributed by atoms with E-state index in [0.717, 1.165) is 87.9 Å². The average Bonchev–Trinajstić information content (AvgIpc) is 3.94. The Hall–Kier alpha value is -5.66. The number of nitrogens with zero attached hydrogens (tertiary/aromatic N) is 1. The van der Waals surface area contributed by atoms with Crippen molar-refractivity contribution in [3.05, 3.63) is 93.2 Å². The molecular weight excluding hydrogens is 791 g/mol. The molecule has 4 heterocycles. The molecule has 11 rings (SSSR count). The molecule has 5 N–H and O–H groups in total. The van der Waals surface area contributed by atoms with Crippen molar-refractivity contribution in [2.45, 2.75) is 126 Å². The van der Waals surface area contributed by atoms with Gasteiger partial charge in [0.2, 0.25) is 0 Å². The second-order valence-corrected chi connectivity index (χ2v) is 19.7. The van der Waals surface area contributed by atoms with Crippen molar-refractivity contribution in [2.24, 2.45) is 11.3 Å². The maximum Gasteiger partial charge on any atom is 0.302 e. The summed E-state index contributed by atoms with van der Waals surface area (Å²) in [6, 6.07) is 14.0. The quantitative estimate of drug-likeness (QED) is 0.113. The third-order valence-corrected chi connectivity index (χ3v) is 15.8. The summed E-state index contributed by atoms with van der Waals surface area (Å²) in [6.07, 6.45) is 18.5. The number of ether oxygens (including phenoxy) is 4. The van der Waals surface area contributed by atoms with Gasteiger partial charge in [-0.15, -0.1) is 0 Å². The van der Waals surface area contributed by atoms with Crippen molar-refractivity contribution >= 4 is 17.9 Å². The van der Waals surface area contributed by atoms with Crippen LogP contribution >= 0.6 is 0 Å². The van der Waals surface area contributed by atoms with E-state index in [-0.39, 0.29) is 41.4 Å². The number of phenols is 2. The lowest BCUT2D eigenvalue weighted by Crippen LogP contribution is -2.45. The van der Waals surface area contributed by atoms with E-state index in [2.05, 4.69) is 47.5 Å². The van der Waals surface area contributed by atoms with Crippen molar-refractivity contribution in [2.75, 3.05) is 26.1 Å². The number of hydrogen-bond acceptors (Lipinski definition) is 10. The number of aromatic nitrogens is 1. The van der Waals surface area contributed by atoms with Gasteiger partial charge >= 0.3 is 5.97 Å². The van der Waals surface area contributed by atoms with Gasteiger partial charge in [0, 0.05) is 58.7 Å². The number of anilines is 1. The predicted octanol–water partition coefficient (Wildman–Crippen LogP) is 9.14. The molecule has 1 aromatic heterocycles. The number of methoxy groups -OCH3 is 1. The first-order valence-corrected chi connectivity index (χ1v) is 23.2. The summed E-state index contributed by atoms with van der Waals surface area (Å²) in [6.45, 7) is 1.92. The van der Waals surface area contributed by atoms with Gasteiger partial charge in [-0.2, -0.15) is 0 Å². The molecule has 10 heteroatoms. The Labute approximate surface area is 369 Å². The number of hydrogen-bond donors (Lipinski definition) is 4. The fraction of sp³-hybridized carbons (Fsp3) is 0.472. The molecule has 0 unspecified atom stereocenters. The molecule has 3 aliphatic heterocycles. The van der Waals surface area contributed by atoms with Crippen LogP contribution in [0.1, 0.15) is 134 Å². The van der Waals surface area contributed by atoms with E-state index < -0.39 is 6.10 Å². The van der Waals surface area contributed by atoms with Crippen LogP contribution in [0, 0.1) is 23.2 Å². The number of esters is 1. The van der Waals surface area contributed by atoms with Gasteiger partial charge in [-0.3, -0.25) is 4.79 Å². The molecule has 7 aliphatic rings. The summed E-state index contributed by atoms with van der Waals surface area (Å²) < 4.78 is 26.1. The minimum Gasteiger partial charge on any atom is -0.508 e. The minimum absolute atomic E-state index is 0.0479. The molecule has 3 saturated carbocycles. The number of phenolic OH excluding ortho intramolecular Hbond substituents is 2. The number of pyridine rings is 1. The topological polar surface area (TPSA) is 145 Å². The van der Waals surface area contributed by atoms with Crippen LogP contribution in [0.3, 0.4) is 0 Å². The van der Waals surface area contributed by atoms with Gasteiger partial charge in [-0.05, 0) is 122 Å². The first kappa shape index (κ1) is 40.1. The van der Waals surface area contributed by atoms with Gasteiger partial charge in [-0.25, -0.2) is 4.98 Å². The molecule has 0 saturated heterocycles. The Morgan fingerprint density at radius 3 is 2.70 bits per heavy atom. The zero-order valence-electron chi connectivity index (χ0n) is 36.4. The molecule has 326 valence electrons. The highest BCUT2D eigenvalue weighted by Crippen LogP contribution is 2.63. The van der Waals surface area contributed by atoms with E-state index in [9.17, 15) is 15.0 Å². The third kappa shape index (κ3) is 6.98. The van der Waals surface area contributed by atoms with Gasteiger partial charge in [0.15, 0.2) is 11.5 Å². The lowest BCUT2D eigenvalue weighted by molar-refractivity contribution is -0.141. The van der Waals surface area contributed by atoms with E-state index in [1.807, 2.05) is 12.1 Å². The molecule has 63 heavy (non-hydrogen) atoms. The van der Waals surface area contributed by atoms with Gasteiger partial charge in [0.25, 0.3) is 0 Å². The third-order valence-electron chi connectivity index (χ3n) is 15.8. The highest BCUT2D eigenvalue weighted by molar-refractivity contribution is 5.84. The second kappa shape index (κ2) is 15.5. The number of benzene rings is 3. The van der Waals surface area contributed by atoms with Crippen molar-refractivity contribution in [3.63, 3.8) is 0 Å². The van der Waals surface area contributed by atoms with Gasteiger partial charge < -0.3 is 40.2 Å². The first-order chi connectivity index (χ1) is 30.6. The summed E-state index contributed by atoms with van der Waals surface area (Å²) in [5, 5.41) is 26.8. The van der Waals surface area contributed by atoms with E-state index in [0.29, 0.717) is 59.8 Å². The van der Waals surface area contributed by atoms with Crippen molar-refractivity contribution in [3.8, 4) is 51.7 Å². The smallest absolute Gasteiger partial charge is 0.302 e. The molecule has 6 atom stereocenters. The number of nitrogens with one attached hydrogen (secondary N) is 1. The van der Waals surface area contributed by atoms with E-state index in [1.54, 1.807) is 19.2 Å². The first-order valence-electron chi connectivity index (χ1n) is 23.2. The number of aromatic hydroxyl groups is 2. The van der Waals surface area contributed by atoms with Crippen LogP contribution < -0.4 is 25.3 Å². The van der Waals surface area contributed by atoms with Crippen LogP contribution in [-0.4, -0.2) is 53.6 Å². The monoisotopic (exact) mass is 847 g/mol. The van der Waals surface area contributed by atoms with Crippen LogP contribution in [0.5, 0.6) is 28.7 Å². The lowest BCUT2D eigenvalue weighted by Gasteiger charge is -2.39. The summed E-state index contributed by atoms with van der Waals surface area (Å²) >= 11 is 0. The van der Waals surface area contributed by atoms with E-state index in [4.69, 9.17) is 29.7 Å². The highest BCUT2D eigenvalue weighted by Gasteiger charge is 2.51. The summed E-state index contributed by atoms with van der Waals surface area (Å²) in [4.78, 5) is 17.4. The number of carbonyl (C=O) groups excluding carboxylic acids is 1. The lowest BCUT2D eigenvalue weighted by atomic mass is 9.65. The molecule has 4 aromatic rings. The zero-order valence-corrected chi connectivity index (χ0v) is 36.4. The van der Waals surface area contributed by atoms with Crippen LogP contribution in [0.15, 0.2) is 48.5 Å². The molecular formula is C53H57N3O7. The van der Waals surface area contributed by atoms with Crippen molar-refractivity contribution < 1.29 is 34.0 Å². The fourth-order valence-electron chi connectivity index (χ4n) is 13.2. The van der Waals surface area contributed by atoms with Crippen molar-refractivity contribution in [1.29, 1.82) is 0 Å². The fourth-order valence-corrected chi connectivity index (χ4v) is 13.2. The van der Waals surface area contributed by atoms with E-state index >= 15 is 0 Å². The Kier molecular flexibility index (Phi) is 9.91. The molecule has 3 fully saturated rings. The molecule has 0 amide bonds. The second-order valence-electron chi connectivity index (χ2n) is 19.7. The van der Waals surface area contributed by atoms with Crippen LogP contribution in [0.4, 0.5) is 5.82 Å². The van der Waals surface area contributed by atoms with E-state index in [1.165, 1.54) is 51.9 Å². The Balaban J connectivity index is 1.09. The normalized spacial score (nSPS) is 26.9. The molecule has 10 nitrogen and oxygen atoms in total. The van der Waals surface area contributed by atoms with Gasteiger partial charge in [0.05, 0.1) is 19.1 Å². The largest absolute Gasteiger partial charge is 0.508 e. The number of nitrogens with two attached hydrogens (primary N) is 1. The number of nitrogen functional groups attached to an aromatic ring is 1. The summed E-state index contributed by atoms with van der Waals surface area (Å²) in [5.74, 6) is 8.91. The minimum atomic E-state index is -0.612. The molecule has 2 spiro atoms. The Morgan fingerprint density at radius 1 is 1.00 bits per heavy atom. The van der Waals surface area contributed by atoms with Crippen LogP contribution in [0.2, 0.25) is 0 Å². The number of carbonyl (C=O) groups is 1. The zero-order chi connectivity index (χ0) is 43.0. The van der Waals surface area contributed by atoms with Crippen molar-refractivity contribution in [1.82, 2.24) is 10.3 Å². The molecule has 4 aliphatic carbocycles. The standard InChI is InChI=1S/C53H57N3O7/c1-30(57)61-29-41-38-13-14-39-46-34(22-37(58)24-44(46)60-2)26-53-20-16-31(25-53)21-32-10-15-45(54)56-42(32)9-5-7-33-23-43(59)49-40(47(33)50(41)63-51(38)48(39)53)12-11-36(28-62-49)55-35-8-6-19-52(27-35)17-3-4-18-52/h10-15,22-24,31,35-36,41,50,55,58-59H,3-4,6-8,16-21,25-29H2,1-2H3,(H2,54,56)/t31-,35-,36+,41+,50-,53+/m0/s1. The number of rotatable bonds is 5. The van der Waals surface area contributed by atoms with Gasteiger partial charge in [0.1, 0.15) is 48.1 Å². The molecule has 3 aromatic carbocycles. The summed E-state index contributed by atoms with van der Waals surface area (Å²) in [7, 11) is 1.65. The Bertz CT molecular complexity index is 2620. The summed E-state index contributed by atoms with van der Waals surface area (Å²) in [5.41, 5.74) is 15.8. The van der Waals surface area contributed by atoms with Crippen LogP contribution in [0.25, 0.3) is 17.2 Å². The van der Waals surface area contributed by atoms with Gasteiger partial charge in [-0.1, -0.05) is 55.5 Å². The Morgan fingerprint density at radius 2 is 1.86 bits per heavy atom. The van der Waals surface area contributed by atoms with Crippen LogP contribution in [-0.2, 0) is 34.2 Å². The number of fused-ring (bicyclic) bond motifs is 9. The maximum atomic E-state index is 12.6. The predicted molar refractivity (Wildman–Crippen MR) is 241 cm³/mol. The molecule has 0 radical (unpaired) electrons. The maximum absolute atomic E-state index is 12.6. The average molecular weight is 848 g/mol.